The predicted octanol–water partition coefficient (Wildman–Crippen LogP) is 3.93. The zero-order valence-corrected chi connectivity index (χ0v) is 15.2. The molecule has 7 nitrogen and oxygen atoms in total. The van der Waals surface area contributed by atoms with Gasteiger partial charge in [0.1, 0.15) is 6.04 Å². The number of nitrogens with zero attached hydrogens (tertiary/aromatic N) is 4. The fraction of sp³-hybridized carbons (Fsp3) is 0.100. The van der Waals surface area contributed by atoms with Crippen molar-refractivity contribution >= 4 is 45.7 Å². The first-order valence-corrected chi connectivity index (χ1v) is 8.74. The number of hydrogen-bond donors (Lipinski definition) is 1. The monoisotopic (exact) mass is 392 g/mol. The topological polar surface area (TPSA) is 97.5 Å². The molecule has 0 bridgehead atoms. The molecular weight excluding hydrogens is 380 g/mol. The summed E-state index contributed by atoms with van der Waals surface area (Å²) in [6.07, 6.45) is 3.05. The SMILES string of the molecule is N#CC1CN(c2cccc(Cl)c2)C(=O)N1c1cncc2ccc(C(=O)O)cc12. The molecule has 2 aromatic carbocycles. The fourth-order valence-electron chi connectivity index (χ4n) is 3.30. The van der Waals surface area contributed by atoms with E-state index in [1.54, 1.807) is 36.5 Å². The molecule has 0 radical (unpaired) electrons. The van der Waals surface area contributed by atoms with Crippen molar-refractivity contribution in [1.82, 2.24) is 4.98 Å². The summed E-state index contributed by atoms with van der Waals surface area (Å²) >= 11 is 6.04. The average molecular weight is 393 g/mol. The van der Waals surface area contributed by atoms with Gasteiger partial charge in [-0.25, -0.2) is 9.59 Å². The van der Waals surface area contributed by atoms with Crippen LogP contribution in [-0.2, 0) is 0 Å². The highest BCUT2D eigenvalue weighted by Crippen LogP contribution is 2.34. The number of nitriles is 1. The number of benzene rings is 2. The molecule has 1 fully saturated rings. The number of fused-ring (bicyclic) bond motifs is 1. The standard InChI is InChI=1S/C20H13ClN4O3/c21-14-2-1-3-15(7-14)24-11-16(8-22)25(20(24)28)18-10-23-9-13-5-4-12(19(26)27)6-17(13)18/h1-7,9-10,16H,11H2,(H,26,27). The van der Waals surface area contributed by atoms with Gasteiger partial charge in [0.05, 0.1) is 30.1 Å². The van der Waals surface area contributed by atoms with Gasteiger partial charge in [-0.3, -0.25) is 14.8 Å². The number of rotatable bonds is 3. The van der Waals surface area contributed by atoms with Crippen molar-refractivity contribution in [3.63, 3.8) is 0 Å². The van der Waals surface area contributed by atoms with Gasteiger partial charge in [-0.1, -0.05) is 23.7 Å². The van der Waals surface area contributed by atoms with Crippen molar-refractivity contribution < 1.29 is 14.7 Å². The van der Waals surface area contributed by atoms with Crippen LogP contribution in [0.1, 0.15) is 10.4 Å². The van der Waals surface area contributed by atoms with E-state index >= 15 is 0 Å². The highest BCUT2D eigenvalue weighted by Gasteiger charge is 2.40. The zero-order chi connectivity index (χ0) is 19.8. The number of carbonyl (C=O) groups is 2. The second kappa shape index (κ2) is 6.83. The lowest BCUT2D eigenvalue weighted by Gasteiger charge is -2.21. The van der Waals surface area contributed by atoms with Crippen molar-refractivity contribution in [2.45, 2.75) is 6.04 Å². The van der Waals surface area contributed by atoms with Crippen molar-refractivity contribution in [3.05, 3.63) is 65.4 Å². The minimum atomic E-state index is -1.07. The number of anilines is 2. The Kier molecular flexibility index (Phi) is 4.34. The van der Waals surface area contributed by atoms with Gasteiger partial charge in [0, 0.05) is 27.7 Å². The summed E-state index contributed by atoms with van der Waals surface area (Å²) in [5, 5.41) is 20.6. The Morgan fingerprint density at radius 1 is 1.25 bits per heavy atom. The Balaban J connectivity index is 1.84. The Bertz CT molecular complexity index is 1160. The number of carboxylic acids is 1. The summed E-state index contributed by atoms with van der Waals surface area (Å²) < 4.78 is 0. The number of carboxylic acid groups (broad SMARTS) is 1. The molecule has 2 heterocycles. The summed E-state index contributed by atoms with van der Waals surface area (Å²) in [7, 11) is 0. The van der Waals surface area contributed by atoms with Gasteiger partial charge >= 0.3 is 12.0 Å². The minimum absolute atomic E-state index is 0.0896. The number of urea groups is 1. The van der Waals surface area contributed by atoms with E-state index < -0.39 is 18.0 Å². The first-order valence-electron chi connectivity index (χ1n) is 8.36. The lowest BCUT2D eigenvalue weighted by atomic mass is 10.1. The Morgan fingerprint density at radius 2 is 2.07 bits per heavy atom. The highest BCUT2D eigenvalue weighted by molar-refractivity contribution is 6.31. The number of aromatic nitrogens is 1. The van der Waals surface area contributed by atoms with Crippen LogP contribution in [0.5, 0.6) is 0 Å². The van der Waals surface area contributed by atoms with Crippen LogP contribution in [0.2, 0.25) is 5.02 Å². The summed E-state index contributed by atoms with van der Waals surface area (Å²) in [6.45, 7) is 0.157. The van der Waals surface area contributed by atoms with Gasteiger partial charge in [0.25, 0.3) is 0 Å². The molecule has 1 aromatic heterocycles. The van der Waals surface area contributed by atoms with Crippen LogP contribution in [-0.4, -0.2) is 34.7 Å². The summed E-state index contributed by atoms with van der Waals surface area (Å²) in [5.41, 5.74) is 1.06. The predicted molar refractivity (Wildman–Crippen MR) is 105 cm³/mol. The van der Waals surface area contributed by atoms with E-state index in [1.165, 1.54) is 28.1 Å². The molecule has 1 atom stereocenters. The maximum absolute atomic E-state index is 13.2. The maximum atomic E-state index is 13.2. The van der Waals surface area contributed by atoms with Gasteiger partial charge in [0.15, 0.2) is 0 Å². The lowest BCUT2D eigenvalue weighted by Crippen LogP contribution is -2.34. The molecule has 0 aliphatic carbocycles. The van der Waals surface area contributed by atoms with Gasteiger partial charge in [-0.2, -0.15) is 5.26 Å². The van der Waals surface area contributed by atoms with E-state index in [1.807, 2.05) is 0 Å². The van der Waals surface area contributed by atoms with E-state index in [0.717, 1.165) is 0 Å². The third-order valence-electron chi connectivity index (χ3n) is 4.62. The van der Waals surface area contributed by atoms with E-state index in [0.29, 0.717) is 27.2 Å². The van der Waals surface area contributed by atoms with E-state index in [2.05, 4.69) is 11.1 Å². The number of aromatic carboxylic acids is 1. The second-order valence-corrected chi connectivity index (χ2v) is 6.72. The smallest absolute Gasteiger partial charge is 0.335 e. The second-order valence-electron chi connectivity index (χ2n) is 6.29. The van der Waals surface area contributed by atoms with Crippen molar-refractivity contribution in [1.29, 1.82) is 5.26 Å². The molecule has 3 aromatic rings. The van der Waals surface area contributed by atoms with Crippen LogP contribution < -0.4 is 9.80 Å². The zero-order valence-electron chi connectivity index (χ0n) is 14.4. The van der Waals surface area contributed by atoms with Gasteiger partial charge in [-0.15, -0.1) is 0 Å². The number of amides is 2. The van der Waals surface area contributed by atoms with Gasteiger partial charge in [-0.05, 0) is 30.3 Å². The van der Waals surface area contributed by atoms with Crippen LogP contribution >= 0.6 is 11.6 Å². The van der Waals surface area contributed by atoms with E-state index in [-0.39, 0.29) is 12.1 Å². The van der Waals surface area contributed by atoms with Gasteiger partial charge in [0.2, 0.25) is 0 Å². The summed E-state index contributed by atoms with van der Waals surface area (Å²) in [4.78, 5) is 31.5. The molecule has 0 spiro atoms. The molecule has 138 valence electrons. The minimum Gasteiger partial charge on any atom is -0.478 e. The Labute approximate surface area is 165 Å². The molecule has 0 saturated carbocycles. The molecule has 1 aliphatic heterocycles. The molecule has 28 heavy (non-hydrogen) atoms. The molecule has 8 heteroatoms. The molecule has 2 amide bonds. The Morgan fingerprint density at radius 3 is 2.79 bits per heavy atom. The fourth-order valence-corrected chi connectivity index (χ4v) is 3.48. The van der Waals surface area contributed by atoms with E-state index in [9.17, 15) is 20.0 Å². The van der Waals surface area contributed by atoms with Crippen LogP contribution in [0.4, 0.5) is 16.2 Å². The van der Waals surface area contributed by atoms with Crippen LogP contribution in [0, 0.1) is 11.3 Å². The molecule has 1 saturated heterocycles. The molecule has 1 unspecified atom stereocenters. The normalized spacial score (nSPS) is 16.4. The Hall–Kier alpha value is -3.63. The maximum Gasteiger partial charge on any atom is 0.335 e. The van der Waals surface area contributed by atoms with Crippen LogP contribution in [0.3, 0.4) is 0 Å². The molecule has 1 aliphatic rings. The van der Waals surface area contributed by atoms with Crippen molar-refractivity contribution in [2.24, 2.45) is 0 Å². The third-order valence-corrected chi connectivity index (χ3v) is 4.85. The average Bonchev–Trinajstić information content (AvgIpc) is 3.03. The number of carbonyl (C=O) groups excluding carboxylic acids is 1. The number of pyridine rings is 1. The van der Waals surface area contributed by atoms with Crippen LogP contribution in [0.25, 0.3) is 10.8 Å². The molecule has 4 rings (SSSR count). The third kappa shape index (κ3) is 2.90. The first kappa shape index (κ1) is 17.8. The first-order chi connectivity index (χ1) is 13.5. The van der Waals surface area contributed by atoms with Crippen molar-refractivity contribution in [3.8, 4) is 6.07 Å². The van der Waals surface area contributed by atoms with Crippen LogP contribution in [0.15, 0.2) is 54.9 Å². The number of halogens is 1. The molecule has 1 N–H and O–H groups in total. The number of hydrogen-bond acceptors (Lipinski definition) is 4. The largest absolute Gasteiger partial charge is 0.478 e. The van der Waals surface area contributed by atoms with E-state index in [4.69, 9.17) is 11.6 Å². The summed E-state index contributed by atoms with van der Waals surface area (Å²) in [6, 6.07) is 12.4. The van der Waals surface area contributed by atoms with Gasteiger partial charge < -0.3 is 5.11 Å². The lowest BCUT2D eigenvalue weighted by molar-refractivity contribution is 0.0697. The highest BCUT2D eigenvalue weighted by atomic mass is 35.5. The summed E-state index contributed by atoms with van der Waals surface area (Å²) in [5.74, 6) is -1.07. The quantitative estimate of drug-likeness (QED) is 0.728. The van der Waals surface area contributed by atoms with Crippen molar-refractivity contribution in [2.75, 3.05) is 16.3 Å². The molecular formula is C20H13ClN4O3.